The van der Waals surface area contributed by atoms with Gasteiger partial charge in [0.05, 0.1) is 4.90 Å². The molecule has 0 heterocycles. The lowest BCUT2D eigenvalue weighted by Crippen LogP contribution is -2.30. The maximum atomic E-state index is 12.5. The van der Waals surface area contributed by atoms with Crippen LogP contribution in [0.3, 0.4) is 0 Å². The molecule has 21 heavy (non-hydrogen) atoms. The van der Waals surface area contributed by atoms with Crippen LogP contribution in [-0.4, -0.2) is 32.8 Å². The number of carbonyl (C=O) groups is 1. The molecule has 0 aliphatic heterocycles. The van der Waals surface area contributed by atoms with Gasteiger partial charge < -0.3 is 4.90 Å². The molecule has 0 aromatic heterocycles. The lowest BCUT2D eigenvalue weighted by Gasteiger charge is -2.19. The highest BCUT2D eigenvalue weighted by Gasteiger charge is 2.34. The third-order valence-electron chi connectivity index (χ3n) is 3.99. The van der Waals surface area contributed by atoms with E-state index in [1.165, 1.54) is 12.1 Å². The molecule has 7 heteroatoms. The predicted molar refractivity (Wildman–Crippen MR) is 81.8 cm³/mol. The highest BCUT2D eigenvalue weighted by molar-refractivity contribution is 7.89. The van der Waals surface area contributed by atoms with Crippen LogP contribution < -0.4 is 5.14 Å². The number of halogens is 1. The number of amides is 1. The molecule has 1 aromatic carbocycles. The molecule has 1 aliphatic carbocycles. The van der Waals surface area contributed by atoms with E-state index in [1.54, 1.807) is 18.9 Å². The lowest BCUT2D eigenvalue weighted by atomic mass is 10.1. The van der Waals surface area contributed by atoms with Crippen LogP contribution in [0.15, 0.2) is 17.0 Å². The molecule has 0 bridgehead atoms. The summed E-state index contributed by atoms with van der Waals surface area (Å²) in [7, 11) is -2.20. The van der Waals surface area contributed by atoms with E-state index in [-0.39, 0.29) is 21.4 Å². The fourth-order valence-corrected chi connectivity index (χ4v) is 3.58. The Morgan fingerprint density at radius 2 is 2.05 bits per heavy atom. The molecule has 116 valence electrons. The van der Waals surface area contributed by atoms with Crippen LogP contribution in [0.5, 0.6) is 0 Å². The average Bonchev–Trinajstić information content (AvgIpc) is 3.05. The van der Waals surface area contributed by atoms with E-state index in [4.69, 9.17) is 16.7 Å². The van der Waals surface area contributed by atoms with Gasteiger partial charge in [0.2, 0.25) is 10.0 Å². The van der Waals surface area contributed by atoms with Gasteiger partial charge in [-0.05, 0) is 42.9 Å². The summed E-state index contributed by atoms with van der Waals surface area (Å²) in [4.78, 5) is 14.0. The Labute approximate surface area is 130 Å². The van der Waals surface area contributed by atoms with Crippen molar-refractivity contribution in [2.75, 3.05) is 13.6 Å². The van der Waals surface area contributed by atoms with Crippen molar-refractivity contribution in [3.05, 3.63) is 28.3 Å². The van der Waals surface area contributed by atoms with Crippen molar-refractivity contribution in [3.63, 3.8) is 0 Å². The summed E-state index contributed by atoms with van der Waals surface area (Å²) < 4.78 is 23.2. The molecular formula is C14H19ClN2O3S. The lowest BCUT2D eigenvalue weighted by molar-refractivity contribution is 0.0786. The van der Waals surface area contributed by atoms with Crippen LogP contribution in [-0.2, 0) is 10.0 Å². The molecule has 2 unspecified atom stereocenters. The minimum absolute atomic E-state index is 0.105. The first-order chi connectivity index (χ1) is 9.61. The largest absolute Gasteiger partial charge is 0.341 e. The van der Waals surface area contributed by atoms with E-state index in [9.17, 15) is 13.2 Å². The fraction of sp³-hybridized carbons (Fsp3) is 0.500. The first kappa shape index (κ1) is 16.3. The predicted octanol–water partition coefficient (Wildman–Crippen LogP) is 2.02. The number of sulfonamides is 1. The van der Waals surface area contributed by atoms with Crippen LogP contribution in [0.4, 0.5) is 0 Å². The zero-order valence-electron chi connectivity index (χ0n) is 12.3. The second kappa shape index (κ2) is 5.59. The molecule has 2 rings (SSSR count). The number of nitrogens with two attached hydrogens (primary N) is 1. The van der Waals surface area contributed by atoms with E-state index < -0.39 is 10.0 Å². The Morgan fingerprint density at radius 3 is 2.52 bits per heavy atom. The Morgan fingerprint density at radius 1 is 1.48 bits per heavy atom. The minimum atomic E-state index is -3.91. The first-order valence-corrected chi connectivity index (χ1v) is 8.62. The summed E-state index contributed by atoms with van der Waals surface area (Å²) in [5.74, 6) is 0.927. The number of nitrogens with zero attached hydrogens (tertiary/aromatic N) is 1. The van der Waals surface area contributed by atoms with Gasteiger partial charge in [0.25, 0.3) is 5.91 Å². The van der Waals surface area contributed by atoms with Crippen molar-refractivity contribution >= 4 is 27.5 Å². The van der Waals surface area contributed by atoms with Crippen molar-refractivity contribution in [3.8, 4) is 0 Å². The second-order valence-corrected chi connectivity index (χ2v) is 7.75. The van der Waals surface area contributed by atoms with Crippen LogP contribution in [0, 0.1) is 18.8 Å². The number of benzene rings is 1. The smallest absolute Gasteiger partial charge is 0.253 e. The van der Waals surface area contributed by atoms with Gasteiger partial charge in [0, 0.05) is 24.2 Å². The summed E-state index contributed by atoms with van der Waals surface area (Å²) in [5, 5.41) is 5.35. The van der Waals surface area contributed by atoms with Gasteiger partial charge in [-0.3, -0.25) is 4.79 Å². The summed E-state index contributed by atoms with van der Waals surface area (Å²) in [6.07, 6.45) is 1.12. The van der Waals surface area contributed by atoms with E-state index in [0.29, 0.717) is 23.9 Å². The highest BCUT2D eigenvalue weighted by atomic mass is 35.5. The SMILES string of the molecule is Cc1c(C(=O)N(C)CC2CC2C)cc(Cl)cc1S(N)(=O)=O. The monoisotopic (exact) mass is 330 g/mol. The zero-order valence-corrected chi connectivity index (χ0v) is 13.8. The molecule has 0 saturated heterocycles. The van der Waals surface area contributed by atoms with Crippen molar-refractivity contribution in [2.24, 2.45) is 17.0 Å². The van der Waals surface area contributed by atoms with Crippen LogP contribution in [0.25, 0.3) is 0 Å². The number of hydrogen-bond acceptors (Lipinski definition) is 3. The second-order valence-electron chi connectivity index (χ2n) is 5.78. The summed E-state index contributed by atoms with van der Waals surface area (Å²) in [5.41, 5.74) is 0.616. The van der Waals surface area contributed by atoms with Gasteiger partial charge in [0.15, 0.2) is 0 Å². The van der Waals surface area contributed by atoms with E-state index >= 15 is 0 Å². The molecule has 1 aromatic rings. The number of carbonyl (C=O) groups excluding carboxylic acids is 1. The van der Waals surface area contributed by atoms with Gasteiger partial charge in [-0.1, -0.05) is 18.5 Å². The summed E-state index contributed by atoms with van der Waals surface area (Å²) >= 11 is 5.93. The molecule has 1 aliphatic rings. The van der Waals surface area contributed by atoms with Crippen LogP contribution in [0.2, 0.25) is 5.02 Å². The Kier molecular flexibility index (Phi) is 4.33. The molecule has 1 saturated carbocycles. The molecule has 1 amide bonds. The highest BCUT2D eigenvalue weighted by Crippen LogP contribution is 2.38. The molecule has 2 N–H and O–H groups in total. The third-order valence-corrected chi connectivity index (χ3v) is 5.25. The average molecular weight is 331 g/mol. The first-order valence-electron chi connectivity index (χ1n) is 6.69. The zero-order chi connectivity index (χ0) is 15.9. The fourth-order valence-electron chi connectivity index (χ4n) is 2.47. The normalized spacial score (nSPS) is 21.2. The molecule has 2 atom stereocenters. The van der Waals surface area contributed by atoms with E-state index in [1.807, 2.05) is 0 Å². The van der Waals surface area contributed by atoms with Gasteiger partial charge in [-0.15, -0.1) is 0 Å². The Balaban J connectivity index is 2.34. The van der Waals surface area contributed by atoms with Crippen molar-refractivity contribution in [1.29, 1.82) is 0 Å². The van der Waals surface area contributed by atoms with Crippen molar-refractivity contribution in [2.45, 2.75) is 25.2 Å². The minimum Gasteiger partial charge on any atom is -0.341 e. The third kappa shape index (κ3) is 3.56. The van der Waals surface area contributed by atoms with Crippen LogP contribution >= 0.6 is 11.6 Å². The Bertz CT molecular complexity index is 688. The van der Waals surface area contributed by atoms with Crippen molar-refractivity contribution < 1.29 is 13.2 Å². The van der Waals surface area contributed by atoms with E-state index in [2.05, 4.69) is 6.92 Å². The summed E-state index contributed by atoms with van der Waals surface area (Å²) in [6, 6.07) is 2.76. The van der Waals surface area contributed by atoms with Gasteiger partial charge >= 0.3 is 0 Å². The topological polar surface area (TPSA) is 80.5 Å². The van der Waals surface area contributed by atoms with Crippen molar-refractivity contribution in [1.82, 2.24) is 4.90 Å². The molecule has 0 spiro atoms. The van der Waals surface area contributed by atoms with E-state index in [0.717, 1.165) is 6.42 Å². The molecule has 0 radical (unpaired) electrons. The quantitative estimate of drug-likeness (QED) is 0.917. The Hall–Kier alpha value is -1.11. The van der Waals surface area contributed by atoms with Gasteiger partial charge in [-0.2, -0.15) is 0 Å². The summed E-state index contributed by atoms with van der Waals surface area (Å²) in [6.45, 7) is 4.38. The standard InChI is InChI=1S/C14H19ClN2O3S/c1-8-4-10(8)7-17(3)14(18)12-5-11(15)6-13(9(12)2)21(16,19)20/h5-6,8,10H,4,7H2,1-3H3,(H2,16,19,20). The van der Waals surface area contributed by atoms with Gasteiger partial charge in [-0.25, -0.2) is 13.6 Å². The van der Waals surface area contributed by atoms with Gasteiger partial charge in [0.1, 0.15) is 0 Å². The number of primary sulfonamides is 1. The molecular weight excluding hydrogens is 312 g/mol. The molecule has 1 fully saturated rings. The van der Waals surface area contributed by atoms with Crippen LogP contribution in [0.1, 0.15) is 29.3 Å². The number of rotatable bonds is 4. The molecule has 5 nitrogen and oxygen atoms in total. The maximum Gasteiger partial charge on any atom is 0.253 e. The number of hydrogen-bond donors (Lipinski definition) is 1. The maximum absolute atomic E-state index is 12.5.